The van der Waals surface area contributed by atoms with Crippen LogP contribution >= 0.6 is 0 Å². The number of rotatable bonds is 5. The fourth-order valence-corrected chi connectivity index (χ4v) is 4.11. The van der Waals surface area contributed by atoms with Crippen molar-refractivity contribution in [2.45, 2.75) is 24.2 Å². The van der Waals surface area contributed by atoms with Gasteiger partial charge in [-0.25, -0.2) is 13.1 Å². The Bertz CT molecular complexity index is 612. The molecule has 2 aliphatic heterocycles. The van der Waals surface area contributed by atoms with E-state index in [1.807, 2.05) is 0 Å². The average Bonchev–Trinajstić information content (AvgIpc) is 2.55. The Labute approximate surface area is 131 Å². The van der Waals surface area contributed by atoms with Crippen LogP contribution in [0, 0.1) is 5.92 Å². The fourth-order valence-electron chi connectivity index (χ4n) is 2.90. The van der Waals surface area contributed by atoms with Crippen LogP contribution in [0.15, 0.2) is 23.1 Å². The maximum absolute atomic E-state index is 12.5. The summed E-state index contributed by atoms with van der Waals surface area (Å²) in [5.74, 6) is 1.35. The van der Waals surface area contributed by atoms with Crippen molar-refractivity contribution >= 4 is 10.0 Å². The van der Waals surface area contributed by atoms with Crippen molar-refractivity contribution in [1.29, 1.82) is 0 Å². The number of fused-ring (bicyclic) bond motifs is 1. The molecule has 7 heteroatoms. The lowest BCUT2D eigenvalue weighted by Crippen LogP contribution is -2.33. The smallest absolute Gasteiger partial charge is 0.244 e. The molecule has 0 aliphatic carbocycles. The molecule has 1 atom stereocenters. The van der Waals surface area contributed by atoms with Gasteiger partial charge in [-0.1, -0.05) is 6.07 Å². The summed E-state index contributed by atoms with van der Waals surface area (Å²) >= 11 is 0. The quantitative estimate of drug-likeness (QED) is 0.848. The first kappa shape index (κ1) is 15.6. The third-order valence-corrected chi connectivity index (χ3v) is 5.55. The van der Waals surface area contributed by atoms with E-state index in [-0.39, 0.29) is 4.90 Å². The highest BCUT2D eigenvalue weighted by molar-refractivity contribution is 7.89. The summed E-state index contributed by atoms with van der Waals surface area (Å²) in [4.78, 5) is 0.159. The van der Waals surface area contributed by atoms with Crippen LogP contribution in [0.25, 0.3) is 0 Å². The van der Waals surface area contributed by atoms with Gasteiger partial charge in [-0.05, 0) is 50.4 Å². The van der Waals surface area contributed by atoms with E-state index in [1.165, 1.54) is 0 Å². The molecule has 1 saturated heterocycles. The molecule has 0 spiro atoms. The molecule has 6 nitrogen and oxygen atoms in total. The second kappa shape index (κ2) is 6.85. The van der Waals surface area contributed by atoms with Crippen molar-refractivity contribution in [3.63, 3.8) is 0 Å². The maximum Gasteiger partial charge on any atom is 0.244 e. The van der Waals surface area contributed by atoms with Crippen molar-refractivity contribution < 1.29 is 17.9 Å². The maximum atomic E-state index is 12.5. The van der Waals surface area contributed by atoms with Crippen LogP contribution in [-0.2, 0) is 10.0 Å². The molecule has 1 aromatic carbocycles. The Morgan fingerprint density at radius 2 is 2.14 bits per heavy atom. The minimum absolute atomic E-state index is 0.159. The molecule has 0 saturated carbocycles. The molecule has 3 rings (SSSR count). The number of hydrogen-bond acceptors (Lipinski definition) is 5. The highest BCUT2D eigenvalue weighted by atomic mass is 32.2. The third-order valence-electron chi connectivity index (χ3n) is 4.06. The summed E-state index contributed by atoms with van der Waals surface area (Å²) < 4.78 is 38.6. The van der Waals surface area contributed by atoms with E-state index >= 15 is 0 Å². The molecule has 2 heterocycles. The first-order valence-electron chi connectivity index (χ1n) is 7.76. The number of hydrogen-bond donors (Lipinski definition) is 2. The van der Waals surface area contributed by atoms with Gasteiger partial charge >= 0.3 is 0 Å². The van der Waals surface area contributed by atoms with Crippen molar-refractivity contribution in [3.8, 4) is 11.5 Å². The summed E-state index contributed by atoms with van der Waals surface area (Å²) in [6.45, 7) is 3.29. The lowest BCUT2D eigenvalue weighted by atomic mass is 9.96. The van der Waals surface area contributed by atoms with Crippen LogP contribution in [0.5, 0.6) is 11.5 Å². The van der Waals surface area contributed by atoms with E-state index in [0.29, 0.717) is 37.2 Å². The summed E-state index contributed by atoms with van der Waals surface area (Å²) in [6, 6.07) is 4.95. The van der Waals surface area contributed by atoms with E-state index in [1.54, 1.807) is 18.2 Å². The zero-order valence-corrected chi connectivity index (χ0v) is 13.3. The van der Waals surface area contributed by atoms with Crippen LogP contribution in [0.3, 0.4) is 0 Å². The Morgan fingerprint density at radius 1 is 1.27 bits per heavy atom. The lowest BCUT2D eigenvalue weighted by Gasteiger charge is -2.23. The topological polar surface area (TPSA) is 76.7 Å². The zero-order valence-electron chi connectivity index (χ0n) is 12.5. The molecule has 0 bridgehead atoms. The first-order valence-corrected chi connectivity index (χ1v) is 9.24. The van der Waals surface area contributed by atoms with Crippen LogP contribution in [0.4, 0.5) is 0 Å². The minimum Gasteiger partial charge on any atom is -0.486 e. The Kier molecular flexibility index (Phi) is 4.85. The molecule has 122 valence electrons. The molecule has 1 fully saturated rings. The van der Waals surface area contributed by atoms with Crippen molar-refractivity contribution in [1.82, 2.24) is 10.0 Å². The largest absolute Gasteiger partial charge is 0.486 e. The fraction of sp³-hybridized carbons (Fsp3) is 0.600. The predicted octanol–water partition coefficient (Wildman–Crippen LogP) is 1.13. The number of piperidine rings is 1. The van der Waals surface area contributed by atoms with Gasteiger partial charge in [0.05, 0.1) is 0 Å². The van der Waals surface area contributed by atoms with E-state index in [4.69, 9.17) is 9.47 Å². The summed E-state index contributed by atoms with van der Waals surface area (Å²) in [6.07, 6.45) is 3.17. The van der Waals surface area contributed by atoms with Crippen LogP contribution in [-0.4, -0.2) is 41.3 Å². The molecule has 0 radical (unpaired) electrons. The molecular weight excluding hydrogens is 304 g/mol. The number of benzene rings is 1. The predicted molar refractivity (Wildman–Crippen MR) is 82.8 cm³/mol. The van der Waals surface area contributed by atoms with Gasteiger partial charge in [0.15, 0.2) is 11.5 Å². The summed E-state index contributed by atoms with van der Waals surface area (Å²) in [5.41, 5.74) is 0. The van der Waals surface area contributed by atoms with Crippen molar-refractivity contribution in [3.05, 3.63) is 18.2 Å². The van der Waals surface area contributed by atoms with Gasteiger partial charge in [-0.3, -0.25) is 0 Å². The van der Waals surface area contributed by atoms with E-state index in [2.05, 4.69) is 10.0 Å². The lowest BCUT2D eigenvalue weighted by molar-refractivity contribution is 0.167. The molecule has 0 aromatic heterocycles. The molecule has 1 aromatic rings. The van der Waals surface area contributed by atoms with Crippen molar-refractivity contribution in [2.24, 2.45) is 5.92 Å². The van der Waals surface area contributed by atoms with Crippen LogP contribution in [0.2, 0.25) is 0 Å². The normalized spacial score (nSPS) is 21.5. The number of sulfonamides is 1. The summed E-state index contributed by atoms with van der Waals surface area (Å²) in [7, 11) is -3.58. The Balaban J connectivity index is 1.65. The second-order valence-corrected chi connectivity index (χ2v) is 7.41. The zero-order chi connectivity index (χ0) is 15.4. The van der Waals surface area contributed by atoms with Gasteiger partial charge in [-0.15, -0.1) is 0 Å². The number of ether oxygens (including phenoxy) is 2. The molecule has 1 unspecified atom stereocenters. The highest BCUT2D eigenvalue weighted by Gasteiger charge is 2.25. The summed E-state index contributed by atoms with van der Waals surface area (Å²) in [5, 5.41) is 3.34. The van der Waals surface area contributed by atoms with E-state index in [9.17, 15) is 8.42 Å². The first-order chi connectivity index (χ1) is 10.7. The SMILES string of the molecule is O=S(=O)(NCCC1CCCNC1)c1cccc2c1OCCO2. The van der Waals surface area contributed by atoms with Gasteiger partial charge in [0.2, 0.25) is 10.0 Å². The van der Waals surface area contributed by atoms with Gasteiger partial charge in [0, 0.05) is 6.54 Å². The minimum atomic E-state index is -3.58. The number of nitrogens with one attached hydrogen (secondary N) is 2. The van der Waals surface area contributed by atoms with Crippen molar-refractivity contribution in [2.75, 3.05) is 32.8 Å². The molecular formula is C15H22N2O4S. The standard InChI is InChI=1S/C15H22N2O4S/c18-22(19,17-8-6-12-3-2-7-16-11-12)14-5-1-4-13-15(14)21-10-9-20-13/h1,4-5,12,16-17H,2-3,6-11H2. The second-order valence-electron chi connectivity index (χ2n) is 5.68. The van der Waals surface area contributed by atoms with E-state index < -0.39 is 10.0 Å². The van der Waals surface area contributed by atoms with Gasteiger partial charge < -0.3 is 14.8 Å². The highest BCUT2D eigenvalue weighted by Crippen LogP contribution is 2.36. The molecule has 0 amide bonds. The van der Waals surface area contributed by atoms with Gasteiger partial charge in [-0.2, -0.15) is 0 Å². The molecule has 2 N–H and O–H groups in total. The molecule has 2 aliphatic rings. The number of para-hydroxylation sites is 1. The Morgan fingerprint density at radius 3 is 2.95 bits per heavy atom. The van der Waals surface area contributed by atoms with Gasteiger partial charge in [0.25, 0.3) is 0 Å². The monoisotopic (exact) mass is 326 g/mol. The van der Waals surface area contributed by atoms with E-state index in [0.717, 1.165) is 32.4 Å². The van der Waals surface area contributed by atoms with Crippen LogP contribution in [0.1, 0.15) is 19.3 Å². The molecule has 22 heavy (non-hydrogen) atoms. The Hall–Kier alpha value is -1.31. The average molecular weight is 326 g/mol. The van der Waals surface area contributed by atoms with Gasteiger partial charge in [0.1, 0.15) is 18.1 Å². The van der Waals surface area contributed by atoms with Crippen LogP contribution < -0.4 is 19.5 Å². The third kappa shape index (κ3) is 3.53.